The molecule has 132 valence electrons. The lowest BCUT2D eigenvalue weighted by Gasteiger charge is -2.30. The van der Waals surface area contributed by atoms with Crippen LogP contribution in [0.25, 0.3) is 5.70 Å². The molecule has 0 spiro atoms. The first kappa shape index (κ1) is 16.8. The number of hydrogen-bond donors (Lipinski definition) is 3. The average molecular weight is 334 g/mol. The minimum atomic E-state index is -0.293. The van der Waals surface area contributed by atoms with Crippen molar-refractivity contribution in [1.29, 1.82) is 0 Å². The first-order chi connectivity index (χ1) is 11.6. The topological polar surface area (TPSA) is 88.4 Å². The molecule has 1 fully saturated rings. The van der Waals surface area contributed by atoms with Crippen molar-refractivity contribution >= 4 is 17.5 Å². The minimum Gasteiger partial charge on any atom is -0.463 e. The van der Waals surface area contributed by atoms with Gasteiger partial charge in [-0.15, -0.1) is 0 Å². The van der Waals surface area contributed by atoms with Crippen LogP contribution in [0.4, 0.5) is 5.82 Å². The van der Waals surface area contributed by atoms with Crippen molar-refractivity contribution in [2.45, 2.75) is 58.2 Å². The van der Waals surface area contributed by atoms with Crippen molar-refractivity contribution in [1.82, 2.24) is 15.1 Å². The largest absolute Gasteiger partial charge is 0.463 e. The molecule has 1 aliphatic carbocycles. The van der Waals surface area contributed by atoms with E-state index in [1.165, 1.54) is 0 Å². The number of nitrogens with one attached hydrogen (secondary N) is 2. The van der Waals surface area contributed by atoms with Crippen LogP contribution < -0.4 is 10.6 Å². The highest BCUT2D eigenvalue weighted by Gasteiger charge is 2.29. The molecule has 0 amide bonds. The quantitative estimate of drug-likeness (QED) is 0.707. The summed E-state index contributed by atoms with van der Waals surface area (Å²) in [6.07, 6.45) is 4.96. The summed E-state index contributed by atoms with van der Waals surface area (Å²) in [5, 5.41) is 20.9. The highest BCUT2D eigenvalue weighted by molar-refractivity contribution is 6.01. The van der Waals surface area contributed by atoms with Gasteiger partial charge >= 0.3 is 5.97 Å². The highest BCUT2D eigenvalue weighted by atomic mass is 16.5. The molecule has 0 aromatic carbocycles. The Kier molecular flexibility index (Phi) is 5.08. The molecule has 2 heterocycles. The van der Waals surface area contributed by atoms with Gasteiger partial charge in [-0.3, -0.25) is 0 Å². The zero-order chi connectivity index (χ0) is 17.1. The van der Waals surface area contributed by atoms with Gasteiger partial charge in [0.2, 0.25) is 0 Å². The van der Waals surface area contributed by atoms with E-state index < -0.39 is 0 Å². The van der Waals surface area contributed by atoms with Gasteiger partial charge in [0.25, 0.3) is 0 Å². The summed E-state index contributed by atoms with van der Waals surface area (Å²) in [4.78, 5) is 12.4. The summed E-state index contributed by atoms with van der Waals surface area (Å²) in [5.41, 5.74) is 2.35. The van der Waals surface area contributed by atoms with Crippen LogP contribution in [0.3, 0.4) is 0 Å². The van der Waals surface area contributed by atoms with E-state index in [1.54, 1.807) is 6.20 Å². The van der Waals surface area contributed by atoms with Gasteiger partial charge in [-0.2, -0.15) is 5.10 Å². The number of aliphatic hydroxyl groups excluding tert-OH is 1. The van der Waals surface area contributed by atoms with Crippen LogP contribution in [-0.2, 0) is 16.1 Å². The number of hydrogen-bond acceptors (Lipinski definition) is 6. The average Bonchev–Trinajstić information content (AvgIpc) is 3.01. The fourth-order valence-electron chi connectivity index (χ4n) is 3.40. The summed E-state index contributed by atoms with van der Waals surface area (Å²) in [5.74, 6) is 0.641. The van der Waals surface area contributed by atoms with Gasteiger partial charge in [0.1, 0.15) is 5.82 Å². The van der Waals surface area contributed by atoms with Gasteiger partial charge < -0.3 is 20.5 Å². The standard InChI is InChI=1S/C17H26N4O3/c1-3-21-16-13(10-19-21)15(14(9-18-16)17(23)24-4-2)20-11-5-7-12(22)8-6-11/h10-12,18,20,22H,3-9H2,1-2H3. The summed E-state index contributed by atoms with van der Waals surface area (Å²) in [6, 6.07) is 0.253. The van der Waals surface area contributed by atoms with Gasteiger partial charge in [-0.1, -0.05) is 0 Å². The Hall–Kier alpha value is -2.02. The fraction of sp³-hybridized carbons (Fsp3) is 0.647. The van der Waals surface area contributed by atoms with E-state index in [4.69, 9.17) is 4.74 Å². The molecule has 0 unspecified atom stereocenters. The number of aromatic nitrogens is 2. The molecule has 1 aromatic heterocycles. The molecular weight excluding hydrogens is 308 g/mol. The molecule has 3 N–H and O–H groups in total. The lowest BCUT2D eigenvalue weighted by Crippen LogP contribution is -2.36. The normalized spacial score (nSPS) is 23.5. The molecule has 7 nitrogen and oxygen atoms in total. The Morgan fingerprint density at radius 3 is 2.83 bits per heavy atom. The second-order valence-electron chi connectivity index (χ2n) is 6.30. The number of carbonyl (C=O) groups excluding carboxylic acids is 1. The number of fused-ring (bicyclic) bond motifs is 1. The van der Waals surface area contributed by atoms with Crippen LogP contribution in [0.5, 0.6) is 0 Å². The molecule has 0 saturated heterocycles. The Labute approximate surface area is 142 Å². The van der Waals surface area contributed by atoms with Crippen molar-refractivity contribution in [3.63, 3.8) is 0 Å². The van der Waals surface area contributed by atoms with Crippen LogP contribution >= 0.6 is 0 Å². The molecule has 3 rings (SSSR count). The predicted octanol–water partition coefficient (Wildman–Crippen LogP) is 1.50. The van der Waals surface area contributed by atoms with Gasteiger partial charge in [-0.05, 0) is 39.5 Å². The number of anilines is 1. The van der Waals surface area contributed by atoms with Crippen LogP contribution in [0, 0.1) is 0 Å². The van der Waals surface area contributed by atoms with Crippen molar-refractivity contribution in [3.8, 4) is 0 Å². The van der Waals surface area contributed by atoms with Gasteiger partial charge in [-0.25, -0.2) is 9.48 Å². The predicted molar refractivity (Wildman–Crippen MR) is 91.3 cm³/mol. The maximum absolute atomic E-state index is 12.4. The summed E-state index contributed by atoms with van der Waals surface area (Å²) < 4.78 is 7.11. The molecule has 24 heavy (non-hydrogen) atoms. The first-order valence-corrected chi connectivity index (χ1v) is 8.78. The Balaban J connectivity index is 1.91. The number of aryl methyl sites for hydroxylation is 1. The third-order valence-electron chi connectivity index (χ3n) is 4.71. The lowest BCUT2D eigenvalue weighted by atomic mass is 9.92. The number of carbonyl (C=O) groups is 1. The zero-order valence-corrected chi connectivity index (χ0v) is 14.3. The van der Waals surface area contributed by atoms with Crippen molar-refractivity contribution in [2.24, 2.45) is 0 Å². The third kappa shape index (κ3) is 3.26. The SMILES string of the molecule is CCOC(=O)C1=C(NC2CCC(O)CC2)c2cnn(CC)c2NC1. The van der Waals surface area contributed by atoms with Crippen LogP contribution in [-0.4, -0.2) is 46.2 Å². The van der Waals surface area contributed by atoms with Crippen LogP contribution in [0.15, 0.2) is 11.8 Å². The molecule has 0 atom stereocenters. The number of nitrogens with zero attached hydrogens (tertiary/aromatic N) is 2. The molecule has 0 radical (unpaired) electrons. The van der Waals surface area contributed by atoms with Crippen molar-refractivity contribution in [2.75, 3.05) is 18.5 Å². The number of esters is 1. The second kappa shape index (κ2) is 7.25. The minimum absolute atomic E-state index is 0.201. The first-order valence-electron chi connectivity index (χ1n) is 8.78. The number of aliphatic hydroxyl groups is 1. The van der Waals surface area contributed by atoms with E-state index in [2.05, 4.69) is 15.7 Å². The highest BCUT2D eigenvalue weighted by Crippen LogP contribution is 2.31. The van der Waals surface area contributed by atoms with E-state index >= 15 is 0 Å². The Bertz CT molecular complexity index is 630. The molecule has 1 aromatic rings. The number of rotatable bonds is 5. The van der Waals surface area contributed by atoms with Crippen molar-refractivity contribution in [3.05, 3.63) is 17.3 Å². The number of ether oxygens (including phenoxy) is 1. The maximum atomic E-state index is 12.4. The van der Waals surface area contributed by atoms with Gasteiger partial charge in [0, 0.05) is 12.6 Å². The molecule has 7 heteroatoms. The summed E-state index contributed by atoms with van der Waals surface area (Å²) in [6.45, 7) is 5.39. The maximum Gasteiger partial charge on any atom is 0.337 e. The molecule has 2 aliphatic rings. The van der Waals surface area contributed by atoms with E-state index in [-0.39, 0.29) is 18.1 Å². The Morgan fingerprint density at radius 1 is 1.42 bits per heavy atom. The lowest BCUT2D eigenvalue weighted by molar-refractivity contribution is -0.138. The van der Waals surface area contributed by atoms with Crippen LogP contribution in [0.1, 0.15) is 45.1 Å². The summed E-state index contributed by atoms with van der Waals surface area (Å²) >= 11 is 0. The molecule has 1 saturated carbocycles. The third-order valence-corrected chi connectivity index (χ3v) is 4.71. The van der Waals surface area contributed by atoms with Gasteiger partial charge in [0.15, 0.2) is 0 Å². The monoisotopic (exact) mass is 334 g/mol. The fourth-order valence-corrected chi connectivity index (χ4v) is 3.40. The van der Waals surface area contributed by atoms with E-state index in [0.29, 0.717) is 18.7 Å². The van der Waals surface area contributed by atoms with E-state index in [0.717, 1.165) is 49.3 Å². The second-order valence-corrected chi connectivity index (χ2v) is 6.30. The van der Waals surface area contributed by atoms with Crippen molar-refractivity contribution < 1.29 is 14.6 Å². The van der Waals surface area contributed by atoms with Gasteiger partial charge in [0.05, 0.1) is 42.3 Å². The smallest absolute Gasteiger partial charge is 0.337 e. The molecule has 0 bridgehead atoms. The molecular formula is C17H26N4O3. The van der Waals surface area contributed by atoms with E-state index in [9.17, 15) is 9.90 Å². The van der Waals surface area contributed by atoms with Crippen LogP contribution in [0.2, 0.25) is 0 Å². The summed E-state index contributed by atoms with van der Waals surface area (Å²) in [7, 11) is 0. The zero-order valence-electron chi connectivity index (χ0n) is 14.3. The van der Waals surface area contributed by atoms with E-state index in [1.807, 2.05) is 18.5 Å². The Morgan fingerprint density at radius 2 is 2.17 bits per heavy atom. The molecule has 1 aliphatic heterocycles.